The van der Waals surface area contributed by atoms with Crippen molar-refractivity contribution in [1.82, 2.24) is 0 Å². The highest BCUT2D eigenvalue weighted by molar-refractivity contribution is 5.69. The zero-order valence-corrected chi connectivity index (χ0v) is 9.09. The monoisotopic (exact) mass is 187 g/mol. The molecule has 3 nitrogen and oxygen atoms in total. The molecule has 0 aromatic rings. The number of carbonyl (C=O) groups is 1. The lowest BCUT2D eigenvalue weighted by Gasteiger charge is -2.18. The van der Waals surface area contributed by atoms with E-state index in [-0.39, 0.29) is 17.6 Å². The van der Waals surface area contributed by atoms with Crippen molar-refractivity contribution in [3.05, 3.63) is 0 Å². The van der Waals surface area contributed by atoms with E-state index >= 15 is 0 Å². The Morgan fingerprint density at radius 1 is 1.54 bits per heavy atom. The first kappa shape index (κ1) is 12.4. The van der Waals surface area contributed by atoms with Gasteiger partial charge in [-0.3, -0.25) is 4.79 Å². The van der Waals surface area contributed by atoms with E-state index in [1.807, 2.05) is 27.7 Å². The molecule has 13 heavy (non-hydrogen) atoms. The molecule has 3 heteroatoms. The fraction of sp³-hybridized carbons (Fsp3) is 0.900. The van der Waals surface area contributed by atoms with Gasteiger partial charge in [0.05, 0.1) is 6.10 Å². The summed E-state index contributed by atoms with van der Waals surface area (Å²) in [6, 6.07) is 0. The fourth-order valence-corrected chi connectivity index (χ4v) is 0.791. The van der Waals surface area contributed by atoms with Gasteiger partial charge in [0.15, 0.2) is 0 Å². The average Bonchev–Trinajstić information content (AvgIpc) is 1.99. The molecule has 0 aliphatic carbocycles. The van der Waals surface area contributed by atoms with Crippen LogP contribution in [0.4, 0.5) is 0 Å². The van der Waals surface area contributed by atoms with Gasteiger partial charge in [0.2, 0.25) is 0 Å². The molecule has 0 radical (unpaired) electrons. The SMILES string of the molecule is CCC(C)OC(=O)CCC(C)(C)N. The first-order chi connectivity index (χ1) is 5.85. The second kappa shape index (κ2) is 5.22. The van der Waals surface area contributed by atoms with Crippen LogP contribution in [-0.2, 0) is 9.53 Å². The minimum atomic E-state index is -0.283. The molecule has 0 aliphatic rings. The fourth-order valence-electron chi connectivity index (χ4n) is 0.791. The van der Waals surface area contributed by atoms with E-state index in [2.05, 4.69) is 0 Å². The smallest absolute Gasteiger partial charge is 0.306 e. The van der Waals surface area contributed by atoms with Crippen LogP contribution < -0.4 is 5.73 Å². The van der Waals surface area contributed by atoms with Gasteiger partial charge in [0.1, 0.15) is 0 Å². The lowest BCUT2D eigenvalue weighted by molar-refractivity contribution is -0.148. The van der Waals surface area contributed by atoms with Gasteiger partial charge >= 0.3 is 5.97 Å². The molecule has 78 valence electrons. The lowest BCUT2D eigenvalue weighted by Crippen LogP contribution is -2.32. The summed E-state index contributed by atoms with van der Waals surface area (Å²) in [5.74, 6) is -0.145. The maximum atomic E-state index is 11.2. The summed E-state index contributed by atoms with van der Waals surface area (Å²) in [6.07, 6.45) is 1.96. The maximum absolute atomic E-state index is 11.2. The van der Waals surface area contributed by atoms with Gasteiger partial charge in [0.25, 0.3) is 0 Å². The predicted octanol–water partition coefficient (Wildman–Crippen LogP) is 1.85. The van der Waals surface area contributed by atoms with Crippen molar-refractivity contribution in [2.24, 2.45) is 5.73 Å². The third-order valence-corrected chi connectivity index (χ3v) is 1.88. The molecule has 0 aromatic carbocycles. The quantitative estimate of drug-likeness (QED) is 0.668. The van der Waals surface area contributed by atoms with Gasteiger partial charge < -0.3 is 10.5 Å². The van der Waals surface area contributed by atoms with E-state index in [0.717, 1.165) is 6.42 Å². The van der Waals surface area contributed by atoms with Gasteiger partial charge in [-0.15, -0.1) is 0 Å². The van der Waals surface area contributed by atoms with Crippen molar-refractivity contribution >= 4 is 5.97 Å². The molecule has 0 saturated carbocycles. The first-order valence-electron chi connectivity index (χ1n) is 4.83. The van der Waals surface area contributed by atoms with Crippen LogP contribution in [0.3, 0.4) is 0 Å². The highest BCUT2D eigenvalue weighted by Gasteiger charge is 2.14. The molecular weight excluding hydrogens is 166 g/mol. The minimum Gasteiger partial charge on any atom is -0.463 e. The van der Waals surface area contributed by atoms with Crippen LogP contribution >= 0.6 is 0 Å². The van der Waals surface area contributed by atoms with Crippen LogP contribution in [0.5, 0.6) is 0 Å². The maximum Gasteiger partial charge on any atom is 0.306 e. The van der Waals surface area contributed by atoms with Gasteiger partial charge in [-0.2, -0.15) is 0 Å². The Morgan fingerprint density at radius 2 is 2.08 bits per heavy atom. The summed E-state index contributed by atoms with van der Waals surface area (Å²) in [4.78, 5) is 11.2. The molecule has 0 rings (SSSR count). The molecule has 0 saturated heterocycles. The molecule has 0 heterocycles. The number of rotatable bonds is 5. The second-order valence-corrected chi connectivity index (χ2v) is 4.20. The number of hydrogen-bond acceptors (Lipinski definition) is 3. The van der Waals surface area contributed by atoms with Crippen LogP contribution in [0.2, 0.25) is 0 Å². The van der Waals surface area contributed by atoms with Crippen molar-refractivity contribution in [2.75, 3.05) is 0 Å². The van der Waals surface area contributed by atoms with Crippen molar-refractivity contribution in [3.8, 4) is 0 Å². The number of esters is 1. The lowest BCUT2D eigenvalue weighted by atomic mass is 10.0. The summed E-state index contributed by atoms with van der Waals surface area (Å²) in [7, 11) is 0. The van der Waals surface area contributed by atoms with Crippen LogP contribution in [0.1, 0.15) is 47.0 Å². The highest BCUT2D eigenvalue weighted by Crippen LogP contribution is 2.09. The topological polar surface area (TPSA) is 52.3 Å². The Morgan fingerprint density at radius 3 is 2.46 bits per heavy atom. The Balaban J connectivity index is 3.64. The van der Waals surface area contributed by atoms with Crippen molar-refractivity contribution < 1.29 is 9.53 Å². The van der Waals surface area contributed by atoms with Crippen LogP contribution in [0.25, 0.3) is 0 Å². The number of nitrogens with two attached hydrogens (primary N) is 1. The normalized spacial score (nSPS) is 13.9. The molecule has 0 aliphatic heterocycles. The molecule has 2 N–H and O–H groups in total. The van der Waals surface area contributed by atoms with Crippen LogP contribution in [-0.4, -0.2) is 17.6 Å². The zero-order chi connectivity index (χ0) is 10.5. The van der Waals surface area contributed by atoms with E-state index in [9.17, 15) is 4.79 Å². The third-order valence-electron chi connectivity index (χ3n) is 1.88. The molecule has 0 spiro atoms. The molecule has 0 aromatic heterocycles. The zero-order valence-electron chi connectivity index (χ0n) is 9.09. The molecule has 0 amide bonds. The minimum absolute atomic E-state index is 0.0217. The summed E-state index contributed by atoms with van der Waals surface area (Å²) in [6.45, 7) is 7.70. The Kier molecular flexibility index (Phi) is 4.99. The van der Waals surface area contributed by atoms with Gasteiger partial charge in [0, 0.05) is 12.0 Å². The van der Waals surface area contributed by atoms with E-state index in [1.165, 1.54) is 0 Å². The summed E-state index contributed by atoms with van der Waals surface area (Å²) in [5, 5.41) is 0. The van der Waals surface area contributed by atoms with Gasteiger partial charge in [-0.1, -0.05) is 6.92 Å². The van der Waals surface area contributed by atoms with Gasteiger partial charge in [-0.25, -0.2) is 0 Å². The molecular formula is C10H21NO2. The molecule has 0 bridgehead atoms. The highest BCUT2D eigenvalue weighted by atomic mass is 16.5. The third kappa shape index (κ3) is 7.78. The Bertz CT molecular complexity index is 161. The van der Waals surface area contributed by atoms with Crippen LogP contribution in [0, 0.1) is 0 Å². The molecule has 0 fully saturated rings. The van der Waals surface area contributed by atoms with E-state index in [1.54, 1.807) is 0 Å². The second-order valence-electron chi connectivity index (χ2n) is 4.20. The molecule has 1 atom stereocenters. The number of ether oxygens (including phenoxy) is 1. The van der Waals surface area contributed by atoms with Crippen LogP contribution in [0.15, 0.2) is 0 Å². The van der Waals surface area contributed by atoms with Gasteiger partial charge in [-0.05, 0) is 33.6 Å². The Labute approximate surface area is 80.6 Å². The first-order valence-corrected chi connectivity index (χ1v) is 4.83. The number of hydrogen-bond donors (Lipinski definition) is 1. The average molecular weight is 187 g/mol. The predicted molar refractivity (Wildman–Crippen MR) is 53.3 cm³/mol. The summed E-state index contributed by atoms with van der Waals surface area (Å²) in [5.41, 5.74) is 5.46. The van der Waals surface area contributed by atoms with Crippen molar-refractivity contribution in [1.29, 1.82) is 0 Å². The van der Waals surface area contributed by atoms with Crippen molar-refractivity contribution in [2.45, 2.75) is 58.6 Å². The largest absolute Gasteiger partial charge is 0.463 e. The summed E-state index contributed by atoms with van der Waals surface area (Å²) < 4.78 is 5.10. The summed E-state index contributed by atoms with van der Waals surface area (Å²) >= 11 is 0. The Hall–Kier alpha value is -0.570. The van der Waals surface area contributed by atoms with E-state index in [4.69, 9.17) is 10.5 Å². The molecule has 1 unspecified atom stereocenters. The standard InChI is InChI=1S/C10H21NO2/c1-5-8(2)13-9(12)6-7-10(3,4)11/h8H,5-7,11H2,1-4H3. The van der Waals surface area contributed by atoms with Crippen molar-refractivity contribution in [3.63, 3.8) is 0 Å². The van der Waals surface area contributed by atoms with E-state index < -0.39 is 0 Å². The van der Waals surface area contributed by atoms with E-state index in [0.29, 0.717) is 12.8 Å². The number of carbonyl (C=O) groups excluding carboxylic acids is 1.